The molecule has 7 nitrogen and oxygen atoms in total. The highest BCUT2D eigenvalue weighted by Crippen LogP contribution is 2.30. The van der Waals surface area contributed by atoms with Gasteiger partial charge in [-0.15, -0.1) is 0 Å². The van der Waals surface area contributed by atoms with Crippen molar-refractivity contribution in [1.29, 1.82) is 0 Å². The summed E-state index contributed by atoms with van der Waals surface area (Å²) in [6, 6.07) is 14.5. The van der Waals surface area contributed by atoms with Crippen LogP contribution in [0.3, 0.4) is 0 Å². The lowest BCUT2D eigenvalue weighted by Gasteiger charge is -2.25. The molecule has 144 valence electrons. The van der Waals surface area contributed by atoms with Gasteiger partial charge in [0.25, 0.3) is 5.91 Å². The van der Waals surface area contributed by atoms with Crippen LogP contribution in [0.1, 0.15) is 37.3 Å². The highest BCUT2D eigenvalue weighted by atomic mass is 16.5. The molecule has 2 aromatic rings. The summed E-state index contributed by atoms with van der Waals surface area (Å²) >= 11 is 0. The third kappa shape index (κ3) is 3.98. The lowest BCUT2D eigenvalue weighted by atomic mass is 9.97. The number of amides is 3. The summed E-state index contributed by atoms with van der Waals surface area (Å²) < 4.78 is 5.66. The largest absolute Gasteiger partial charge is 0.478 e. The Hall–Kier alpha value is -3.35. The van der Waals surface area contributed by atoms with Gasteiger partial charge in [0.15, 0.2) is 6.10 Å². The van der Waals surface area contributed by atoms with Gasteiger partial charge < -0.3 is 20.7 Å². The summed E-state index contributed by atoms with van der Waals surface area (Å²) in [6.45, 7) is 0. The summed E-state index contributed by atoms with van der Waals surface area (Å²) in [5, 5.41) is 8.53. The Bertz CT molecular complexity index is 927. The van der Waals surface area contributed by atoms with Crippen LogP contribution in [0, 0.1) is 0 Å². The third-order valence-corrected chi connectivity index (χ3v) is 4.88. The molecular weight excluding hydrogens is 358 g/mol. The van der Waals surface area contributed by atoms with E-state index in [4.69, 9.17) is 4.74 Å². The second kappa shape index (κ2) is 7.72. The molecule has 4 rings (SSSR count). The first-order chi connectivity index (χ1) is 13.6. The molecule has 0 aliphatic carbocycles. The van der Waals surface area contributed by atoms with Crippen molar-refractivity contribution in [3.63, 3.8) is 0 Å². The lowest BCUT2D eigenvalue weighted by molar-refractivity contribution is -0.128. The molecular formula is C21H21N3O4. The molecule has 1 fully saturated rings. The van der Waals surface area contributed by atoms with E-state index in [0.717, 1.165) is 18.4 Å². The zero-order valence-corrected chi connectivity index (χ0v) is 15.2. The fourth-order valence-corrected chi connectivity index (χ4v) is 3.50. The number of carbonyl (C=O) groups excluding carboxylic acids is 3. The van der Waals surface area contributed by atoms with Gasteiger partial charge in [0.1, 0.15) is 5.75 Å². The van der Waals surface area contributed by atoms with Gasteiger partial charge in [-0.1, -0.05) is 24.3 Å². The number of rotatable bonds is 4. The molecule has 3 amide bonds. The Kier molecular flexibility index (Phi) is 4.97. The van der Waals surface area contributed by atoms with E-state index in [1.807, 2.05) is 24.3 Å². The monoisotopic (exact) mass is 379 g/mol. The van der Waals surface area contributed by atoms with Crippen molar-refractivity contribution < 1.29 is 19.1 Å². The van der Waals surface area contributed by atoms with Crippen molar-refractivity contribution in [1.82, 2.24) is 5.32 Å². The van der Waals surface area contributed by atoms with Crippen LogP contribution in [0.4, 0.5) is 11.4 Å². The van der Waals surface area contributed by atoms with Crippen molar-refractivity contribution in [2.45, 2.75) is 37.8 Å². The van der Waals surface area contributed by atoms with Gasteiger partial charge in [-0.05, 0) is 42.7 Å². The first-order valence-corrected chi connectivity index (χ1v) is 9.34. The van der Waals surface area contributed by atoms with Crippen molar-refractivity contribution in [3.8, 4) is 5.75 Å². The molecule has 2 aliphatic rings. The Morgan fingerprint density at radius 2 is 2.00 bits per heavy atom. The first kappa shape index (κ1) is 18.0. The number of carbonyl (C=O) groups is 3. The van der Waals surface area contributed by atoms with Crippen molar-refractivity contribution in [2.75, 3.05) is 10.6 Å². The van der Waals surface area contributed by atoms with Crippen LogP contribution >= 0.6 is 0 Å². The van der Waals surface area contributed by atoms with E-state index in [2.05, 4.69) is 16.0 Å². The molecule has 0 radical (unpaired) electrons. The number of nitrogens with one attached hydrogen (secondary N) is 3. The number of piperidine rings is 1. The minimum absolute atomic E-state index is 0.0398. The first-order valence-electron chi connectivity index (χ1n) is 9.34. The second-order valence-electron chi connectivity index (χ2n) is 6.98. The molecule has 2 unspecified atom stereocenters. The number of anilines is 2. The predicted octanol–water partition coefficient (Wildman–Crippen LogP) is 2.76. The molecule has 2 aromatic carbocycles. The SMILES string of the molecule is O=C(CC1Oc2ccccc2NC1=O)Nc1cccc(C2CCCC(=O)N2)c1. The minimum Gasteiger partial charge on any atom is -0.478 e. The van der Waals surface area contributed by atoms with Crippen molar-refractivity contribution in [2.24, 2.45) is 0 Å². The molecule has 28 heavy (non-hydrogen) atoms. The zero-order valence-electron chi connectivity index (χ0n) is 15.2. The van der Waals surface area contributed by atoms with Crippen LogP contribution in [-0.2, 0) is 14.4 Å². The summed E-state index contributed by atoms with van der Waals surface area (Å²) in [5.41, 5.74) is 2.18. The molecule has 3 N–H and O–H groups in total. The molecule has 7 heteroatoms. The summed E-state index contributed by atoms with van der Waals surface area (Å²) in [5.74, 6) is -0.0572. The fraction of sp³-hybridized carbons (Fsp3) is 0.286. The van der Waals surface area contributed by atoms with E-state index in [1.54, 1.807) is 24.3 Å². The van der Waals surface area contributed by atoms with E-state index in [0.29, 0.717) is 23.5 Å². The molecule has 2 aliphatic heterocycles. The smallest absolute Gasteiger partial charge is 0.266 e. The molecule has 0 bridgehead atoms. The Balaban J connectivity index is 1.40. The lowest BCUT2D eigenvalue weighted by Crippen LogP contribution is -2.39. The van der Waals surface area contributed by atoms with E-state index in [9.17, 15) is 14.4 Å². The van der Waals surface area contributed by atoms with E-state index < -0.39 is 6.10 Å². The van der Waals surface area contributed by atoms with Crippen LogP contribution in [0.25, 0.3) is 0 Å². The maximum Gasteiger partial charge on any atom is 0.266 e. The number of para-hydroxylation sites is 2. The number of ether oxygens (including phenoxy) is 1. The Morgan fingerprint density at radius 3 is 2.86 bits per heavy atom. The molecule has 0 aromatic heterocycles. The average Bonchev–Trinajstić information content (AvgIpc) is 2.69. The van der Waals surface area contributed by atoms with Crippen LogP contribution in [0.15, 0.2) is 48.5 Å². The van der Waals surface area contributed by atoms with E-state index in [1.165, 1.54) is 0 Å². The number of benzene rings is 2. The fourth-order valence-electron chi connectivity index (χ4n) is 3.50. The standard InChI is InChI=1S/C21H21N3O4/c25-19-10-4-8-15(23-19)13-5-3-6-14(11-13)22-20(26)12-18-21(27)24-16-7-1-2-9-17(16)28-18/h1-3,5-7,9,11,15,18H,4,8,10,12H2,(H,22,26)(H,23,25)(H,24,27). The van der Waals surface area contributed by atoms with Gasteiger partial charge in [0.2, 0.25) is 11.8 Å². The van der Waals surface area contributed by atoms with Crippen molar-refractivity contribution in [3.05, 3.63) is 54.1 Å². The number of hydrogen-bond donors (Lipinski definition) is 3. The van der Waals surface area contributed by atoms with Gasteiger partial charge in [0, 0.05) is 12.1 Å². The Morgan fingerprint density at radius 1 is 1.14 bits per heavy atom. The molecule has 2 atom stereocenters. The second-order valence-corrected chi connectivity index (χ2v) is 6.98. The van der Waals surface area contributed by atoms with Crippen LogP contribution < -0.4 is 20.7 Å². The van der Waals surface area contributed by atoms with E-state index in [-0.39, 0.29) is 30.2 Å². The summed E-state index contributed by atoms with van der Waals surface area (Å²) in [6.07, 6.45) is 1.31. The van der Waals surface area contributed by atoms with Gasteiger partial charge in [-0.3, -0.25) is 14.4 Å². The van der Waals surface area contributed by atoms with Gasteiger partial charge in [-0.25, -0.2) is 0 Å². The highest BCUT2D eigenvalue weighted by Gasteiger charge is 2.29. The molecule has 2 heterocycles. The molecule has 0 saturated carbocycles. The van der Waals surface area contributed by atoms with Crippen LogP contribution in [0.2, 0.25) is 0 Å². The van der Waals surface area contributed by atoms with E-state index >= 15 is 0 Å². The quantitative estimate of drug-likeness (QED) is 0.761. The minimum atomic E-state index is -0.879. The normalized spacial score (nSPS) is 21.0. The summed E-state index contributed by atoms with van der Waals surface area (Å²) in [4.78, 5) is 36.2. The van der Waals surface area contributed by atoms with Gasteiger partial charge in [0.05, 0.1) is 18.2 Å². The average molecular weight is 379 g/mol. The van der Waals surface area contributed by atoms with Crippen LogP contribution in [0.5, 0.6) is 5.75 Å². The van der Waals surface area contributed by atoms with Gasteiger partial charge in [-0.2, -0.15) is 0 Å². The summed E-state index contributed by atoms with van der Waals surface area (Å²) in [7, 11) is 0. The number of hydrogen-bond acceptors (Lipinski definition) is 4. The highest BCUT2D eigenvalue weighted by molar-refractivity contribution is 6.02. The van der Waals surface area contributed by atoms with Crippen molar-refractivity contribution >= 4 is 29.1 Å². The van der Waals surface area contributed by atoms with Gasteiger partial charge >= 0.3 is 0 Å². The Labute approximate surface area is 162 Å². The maximum atomic E-state index is 12.4. The predicted molar refractivity (Wildman–Crippen MR) is 104 cm³/mol. The third-order valence-electron chi connectivity index (χ3n) is 4.88. The topological polar surface area (TPSA) is 96.5 Å². The van der Waals surface area contributed by atoms with Crippen LogP contribution in [-0.4, -0.2) is 23.8 Å². The number of fused-ring (bicyclic) bond motifs is 1. The zero-order chi connectivity index (χ0) is 19.5. The molecule has 1 saturated heterocycles. The maximum absolute atomic E-state index is 12.4. The molecule has 0 spiro atoms.